The van der Waals surface area contributed by atoms with Crippen LogP contribution in [-0.4, -0.2) is 12.0 Å². The fraction of sp³-hybridized carbons (Fsp3) is 1.00. The molecule has 96 valence electrons. The van der Waals surface area contributed by atoms with Crippen molar-refractivity contribution in [3.05, 3.63) is 0 Å². The predicted octanol–water partition coefficient (Wildman–Crippen LogP) is 6.39. The molecule has 0 amide bonds. The Labute approximate surface area is 127 Å². The number of rotatable bonds is 2. The molecule has 0 N–H and O–H groups in total. The van der Waals surface area contributed by atoms with Crippen LogP contribution in [-0.2, 0) is 0 Å². The lowest BCUT2D eigenvalue weighted by molar-refractivity contribution is 0.498. The minimum Gasteiger partial charge on any atom is -0.126 e. The molecule has 0 aliphatic heterocycles. The molecule has 0 aromatic rings. The fourth-order valence-electron chi connectivity index (χ4n) is 2.16. The molecule has 0 radical (unpaired) electrons. The molecule has 1 aliphatic rings. The van der Waals surface area contributed by atoms with E-state index in [1.807, 2.05) is 0 Å². The monoisotopic (exact) mass is 376 g/mol. The molecule has 1 saturated carbocycles. The first-order valence-corrected chi connectivity index (χ1v) is 15.6. The maximum atomic E-state index is 6.06. The maximum absolute atomic E-state index is 6.06. The number of hydrogen-bond donors (Lipinski definition) is 0. The topological polar surface area (TPSA) is 0 Å². The largest absolute Gasteiger partial charge is 0.344 e. The molecule has 0 unspecified atom stereocenters. The molecule has 1 aliphatic carbocycles. The third kappa shape index (κ3) is 5.44. The van der Waals surface area contributed by atoms with Crippen molar-refractivity contribution in [3.63, 3.8) is 0 Å². The van der Waals surface area contributed by atoms with Crippen LogP contribution in [0.15, 0.2) is 0 Å². The summed E-state index contributed by atoms with van der Waals surface area (Å²) in [6.07, 6.45) is 5.89. The highest BCUT2D eigenvalue weighted by Gasteiger charge is 2.40. The summed E-state index contributed by atoms with van der Waals surface area (Å²) >= 11 is 36.4. The van der Waals surface area contributed by atoms with Gasteiger partial charge in [-0.3, -0.25) is 0 Å². The van der Waals surface area contributed by atoms with E-state index in [0.29, 0.717) is 0 Å². The zero-order valence-corrected chi connectivity index (χ0v) is 15.2. The highest BCUT2D eigenvalue weighted by Crippen LogP contribution is 2.47. The first-order valence-electron chi connectivity index (χ1n) is 5.34. The van der Waals surface area contributed by atoms with Crippen LogP contribution in [0.5, 0.6) is 0 Å². The van der Waals surface area contributed by atoms with Gasteiger partial charge < -0.3 is 0 Å². The van der Waals surface area contributed by atoms with Gasteiger partial charge in [0.2, 0.25) is 0 Å². The van der Waals surface area contributed by atoms with E-state index in [-0.39, 0.29) is 11.1 Å². The van der Waals surface area contributed by atoms with Crippen molar-refractivity contribution in [2.24, 2.45) is 0 Å². The normalized spacial score (nSPS) is 29.6. The average molecular weight is 379 g/mol. The van der Waals surface area contributed by atoms with Gasteiger partial charge in [-0.25, -0.2) is 0 Å². The van der Waals surface area contributed by atoms with Crippen LogP contribution in [0.1, 0.15) is 38.5 Å². The van der Waals surface area contributed by atoms with Crippen LogP contribution < -0.4 is 0 Å². The second kappa shape index (κ2) is 6.56. The van der Waals surface area contributed by atoms with Gasteiger partial charge >= 0.3 is 12.0 Å². The zero-order chi connectivity index (χ0) is 12.4. The summed E-state index contributed by atoms with van der Waals surface area (Å²) in [5.74, 6) is 0. The smallest absolute Gasteiger partial charge is 0.126 e. The molecule has 0 nitrogen and oxygen atoms in total. The van der Waals surface area contributed by atoms with Crippen molar-refractivity contribution < 1.29 is 0 Å². The number of hydrogen-bond acceptors (Lipinski definition) is 0. The summed E-state index contributed by atoms with van der Waals surface area (Å²) in [5, 5.41) is 0. The van der Waals surface area contributed by atoms with Crippen molar-refractivity contribution in [2.75, 3.05) is 0 Å². The Bertz CT molecular complexity index is 192. The van der Waals surface area contributed by atoms with Crippen molar-refractivity contribution in [1.82, 2.24) is 0 Å². The van der Waals surface area contributed by atoms with E-state index in [4.69, 9.17) is 66.5 Å². The summed E-state index contributed by atoms with van der Waals surface area (Å²) in [4.78, 5) is 0. The van der Waals surface area contributed by atoms with Gasteiger partial charge in [0, 0.05) is 0 Å². The minimum absolute atomic E-state index is 0.274. The summed E-state index contributed by atoms with van der Waals surface area (Å²) in [5.41, 5.74) is 0.547. The lowest BCUT2D eigenvalue weighted by Crippen LogP contribution is -2.25. The van der Waals surface area contributed by atoms with Gasteiger partial charge in [-0.1, -0.05) is 12.8 Å². The first-order chi connectivity index (χ1) is 7.21. The minimum atomic E-state index is -2.55. The van der Waals surface area contributed by atoms with Gasteiger partial charge in [-0.2, -0.15) is 0 Å². The van der Waals surface area contributed by atoms with Gasteiger partial charge in [0.1, 0.15) is 0 Å². The molecular weight excluding hydrogens is 365 g/mol. The molecule has 1 fully saturated rings. The van der Waals surface area contributed by atoms with E-state index >= 15 is 0 Å². The molecule has 0 aromatic heterocycles. The van der Waals surface area contributed by atoms with Crippen LogP contribution in [0.2, 0.25) is 11.1 Å². The first kappa shape index (κ1) is 16.2. The van der Waals surface area contributed by atoms with Crippen molar-refractivity contribution in [1.29, 1.82) is 0 Å². The van der Waals surface area contributed by atoms with Crippen LogP contribution in [0.4, 0.5) is 0 Å². The molecule has 1 rings (SSSR count). The Kier molecular flexibility index (Phi) is 6.65. The summed E-state index contributed by atoms with van der Waals surface area (Å²) in [7, 11) is 0. The van der Waals surface area contributed by atoms with Crippen LogP contribution in [0.25, 0.3) is 0 Å². The lowest BCUT2D eigenvalue weighted by atomic mass is 10.00. The molecule has 0 spiro atoms. The van der Waals surface area contributed by atoms with E-state index in [9.17, 15) is 0 Å². The Morgan fingerprint density at radius 2 is 0.812 bits per heavy atom. The highest BCUT2D eigenvalue weighted by molar-refractivity contribution is 7.65. The molecule has 0 atom stereocenters. The van der Waals surface area contributed by atoms with Crippen molar-refractivity contribution in [2.45, 2.75) is 49.6 Å². The van der Waals surface area contributed by atoms with Gasteiger partial charge in [-0.15, -0.1) is 66.5 Å². The Morgan fingerprint density at radius 3 is 1.00 bits per heavy atom. The molecule has 0 heterocycles. The molecule has 8 heteroatoms. The summed E-state index contributed by atoms with van der Waals surface area (Å²) < 4.78 is 0. The SMILES string of the molecule is Cl[Si](Cl)(Cl)C1CCCC([Si](Cl)(Cl)Cl)CCC1. The molecule has 0 saturated heterocycles. The van der Waals surface area contributed by atoms with E-state index < -0.39 is 12.0 Å². The van der Waals surface area contributed by atoms with E-state index in [1.165, 1.54) is 0 Å². The molecule has 0 aromatic carbocycles. The van der Waals surface area contributed by atoms with Crippen molar-refractivity contribution in [3.8, 4) is 0 Å². The number of halogens is 6. The standard InChI is InChI=1S/C8H14Cl6Si2/c9-15(10,11)7-3-1-4-8(6-2-5-7)16(12,13)14/h7-8H,1-6H2. The quantitative estimate of drug-likeness (QED) is 0.385. The predicted molar refractivity (Wildman–Crippen MR) is 81.8 cm³/mol. The van der Waals surface area contributed by atoms with E-state index in [1.54, 1.807) is 0 Å². The Hall–Kier alpha value is 2.17. The molecule has 0 bridgehead atoms. The lowest BCUT2D eigenvalue weighted by Gasteiger charge is -2.29. The third-order valence-corrected chi connectivity index (χ3v) is 11.7. The van der Waals surface area contributed by atoms with E-state index in [2.05, 4.69) is 0 Å². The van der Waals surface area contributed by atoms with Crippen LogP contribution in [0.3, 0.4) is 0 Å². The van der Waals surface area contributed by atoms with Crippen molar-refractivity contribution >= 4 is 78.5 Å². The highest BCUT2D eigenvalue weighted by atomic mass is 35.8. The fourth-order valence-corrected chi connectivity index (χ4v) is 8.22. The van der Waals surface area contributed by atoms with Gasteiger partial charge in [0.25, 0.3) is 0 Å². The Morgan fingerprint density at radius 1 is 0.562 bits per heavy atom. The summed E-state index contributed by atoms with van der Waals surface area (Å²) in [6, 6.07) is -5.10. The van der Waals surface area contributed by atoms with Crippen LogP contribution >= 0.6 is 66.5 Å². The zero-order valence-electron chi connectivity index (χ0n) is 8.67. The van der Waals surface area contributed by atoms with E-state index in [0.717, 1.165) is 38.5 Å². The third-order valence-electron chi connectivity index (χ3n) is 3.14. The summed E-state index contributed by atoms with van der Waals surface area (Å²) in [6.45, 7) is 0. The Balaban J connectivity index is 2.50. The maximum Gasteiger partial charge on any atom is 0.344 e. The second-order valence-electron chi connectivity index (χ2n) is 4.34. The second-order valence-corrected chi connectivity index (χ2v) is 22.4. The average Bonchev–Trinajstić information content (AvgIpc) is 1.96. The van der Waals surface area contributed by atoms with Gasteiger partial charge in [0.05, 0.1) is 0 Å². The van der Waals surface area contributed by atoms with Gasteiger partial charge in [0.15, 0.2) is 0 Å². The molecular formula is C8H14Cl6Si2. The van der Waals surface area contributed by atoms with Crippen LogP contribution in [0, 0.1) is 0 Å². The van der Waals surface area contributed by atoms with Gasteiger partial charge in [-0.05, 0) is 36.8 Å². The molecule has 16 heavy (non-hydrogen) atoms.